The largest absolute Gasteiger partial charge is 0.493 e. The van der Waals surface area contributed by atoms with Gasteiger partial charge >= 0.3 is 0 Å². The zero-order valence-corrected chi connectivity index (χ0v) is 16.0. The Morgan fingerprint density at radius 2 is 1.96 bits per heavy atom. The SMILES string of the molecule is COc1ccc(NC(N)=NCCS(=O)(=O)N2CCSCC2)cc1OC. The van der Waals surface area contributed by atoms with E-state index in [0.29, 0.717) is 30.3 Å². The molecular formula is C15H24N4O4S2. The summed E-state index contributed by atoms with van der Waals surface area (Å²) in [5.41, 5.74) is 6.51. The summed E-state index contributed by atoms with van der Waals surface area (Å²) in [5.74, 6) is 2.94. The van der Waals surface area contributed by atoms with Crippen LogP contribution < -0.4 is 20.5 Å². The predicted molar refractivity (Wildman–Crippen MR) is 102 cm³/mol. The van der Waals surface area contributed by atoms with Gasteiger partial charge in [0.15, 0.2) is 17.5 Å². The first-order chi connectivity index (χ1) is 12.0. The van der Waals surface area contributed by atoms with Gasteiger partial charge in [-0.05, 0) is 12.1 Å². The molecule has 3 N–H and O–H groups in total. The van der Waals surface area contributed by atoms with Crippen LogP contribution in [0.1, 0.15) is 0 Å². The fourth-order valence-electron chi connectivity index (χ4n) is 2.34. The molecular weight excluding hydrogens is 364 g/mol. The van der Waals surface area contributed by atoms with Gasteiger partial charge in [-0.2, -0.15) is 11.8 Å². The number of sulfonamides is 1. The molecule has 1 aliphatic rings. The lowest BCUT2D eigenvalue weighted by Crippen LogP contribution is -2.40. The highest BCUT2D eigenvalue weighted by Crippen LogP contribution is 2.29. The highest BCUT2D eigenvalue weighted by atomic mass is 32.2. The number of thioether (sulfide) groups is 1. The highest BCUT2D eigenvalue weighted by Gasteiger charge is 2.23. The molecule has 1 saturated heterocycles. The van der Waals surface area contributed by atoms with Gasteiger partial charge in [0.2, 0.25) is 10.0 Å². The van der Waals surface area contributed by atoms with Crippen molar-refractivity contribution < 1.29 is 17.9 Å². The second-order valence-electron chi connectivity index (χ2n) is 5.29. The maximum absolute atomic E-state index is 12.2. The smallest absolute Gasteiger partial charge is 0.215 e. The molecule has 140 valence electrons. The summed E-state index contributed by atoms with van der Waals surface area (Å²) in [5, 5.41) is 2.91. The van der Waals surface area contributed by atoms with Crippen LogP contribution in [0, 0.1) is 0 Å². The molecule has 0 saturated carbocycles. The Hall–Kier alpha value is -1.65. The van der Waals surface area contributed by atoms with E-state index in [9.17, 15) is 8.42 Å². The van der Waals surface area contributed by atoms with E-state index in [4.69, 9.17) is 15.2 Å². The number of rotatable bonds is 7. The van der Waals surface area contributed by atoms with Crippen molar-refractivity contribution >= 4 is 33.4 Å². The third kappa shape index (κ3) is 5.68. The molecule has 0 spiro atoms. The van der Waals surface area contributed by atoms with Crippen molar-refractivity contribution in [1.82, 2.24) is 4.31 Å². The zero-order chi connectivity index (χ0) is 18.3. The zero-order valence-electron chi connectivity index (χ0n) is 14.4. The Morgan fingerprint density at radius 3 is 2.60 bits per heavy atom. The number of nitrogens with one attached hydrogen (secondary N) is 1. The number of hydrogen-bond donors (Lipinski definition) is 2. The quantitative estimate of drug-likeness (QED) is 0.526. The number of ether oxygens (including phenoxy) is 2. The van der Waals surface area contributed by atoms with Crippen LogP contribution in [-0.4, -0.2) is 69.8 Å². The third-order valence-corrected chi connectivity index (χ3v) is 6.44. The first kappa shape index (κ1) is 19.7. The average Bonchev–Trinajstić information content (AvgIpc) is 2.62. The van der Waals surface area contributed by atoms with Gasteiger partial charge in [0.25, 0.3) is 0 Å². The lowest BCUT2D eigenvalue weighted by Gasteiger charge is -2.25. The number of methoxy groups -OCH3 is 2. The molecule has 1 aromatic rings. The molecule has 8 nitrogen and oxygen atoms in total. The Balaban J connectivity index is 1.91. The Bertz CT molecular complexity index is 703. The molecule has 0 radical (unpaired) electrons. The van der Waals surface area contributed by atoms with E-state index in [1.54, 1.807) is 44.2 Å². The van der Waals surface area contributed by atoms with Gasteiger partial charge in [0.1, 0.15) is 0 Å². The van der Waals surface area contributed by atoms with Crippen molar-refractivity contribution in [3.05, 3.63) is 18.2 Å². The monoisotopic (exact) mass is 388 g/mol. The number of benzene rings is 1. The van der Waals surface area contributed by atoms with Crippen LogP contribution in [0.15, 0.2) is 23.2 Å². The summed E-state index contributed by atoms with van der Waals surface area (Å²) in [6.45, 7) is 1.24. The summed E-state index contributed by atoms with van der Waals surface area (Å²) in [4.78, 5) is 4.10. The van der Waals surface area contributed by atoms with E-state index in [0.717, 1.165) is 11.5 Å². The standard InChI is InChI=1S/C15H24N4O4S2/c1-22-13-4-3-12(11-14(13)23-2)18-15(16)17-5-10-25(20,21)19-6-8-24-9-7-19/h3-4,11H,5-10H2,1-2H3,(H3,16,17,18). The normalized spacial score (nSPS) is 16.5. The molecule has 2 rings (SSSR count). The summed E-state index contributed by atoms with van der Waals surface area (Å²) in [6.07, 6.45) is 0. The molecule has 1 aliphatic heterocycles. The van der Waals surface area contributed by atoms with Crippen LogP contribution in [0.5, 0.6) is 11.5 Å². The number of hydrogen-bond acceptors (Lipinski definition) is 6. The first-order valence-corrected chi connectivity index (χ1v) is 10.6. The van der Waals surface area contributed by atoms with E-state index >= 15 is 0 Å². The highest BCUT2D eigenvalue weighted by molar-refractivity contribution is 7.99. The van der Waals surface area contributed by atoms with Crippen LogP contribution >= 0.6 is 11.8 Å². The molecule has 25 heavy (non-hydrogen) atoms. The summed E-state index contributed by atoms with van der Waals surface area (Å²) in [6, 6.07) is 5.24. The number of anilines is 1. The van der Waals surface area contributed by atoms with Crippen LogP contribution in [0.2, 0.25) is 0 Å². The van der Waals surface area contributed by atoms with E-state index in [1.165, 1.54) is 4.31 Å². The van der Waals surface area contributed by atoms with Crippen LogP contribution in [-0.2, 0) is 10.0 Å². The first-order valence-electron chi connectivity index (χ1n) is 7.81. The summed E-state index contributed by atoms with van der Waals surface area (Å²) in [7, 11) is -0.176. The van der Waals surface area contributed by atoms with Crippen molar-refractivity contribution in [3.8, 4) is 11.5 Å². The fourth-order valence-corrected chi connectivity index (χ4v) is 4.79. The topological polar surface area (TPSA) is 106 Å². The van der Waals surface area contributed by atoms with Crippen molar-refractivity contribution in [2.45, 2.75) is 0 Å². The molecule has 0 aromatic heterocycles. The van der Waals surface area contributed by atoms with E-state index in [1.807, 2.05) is 0 Å². The minimum Gasteiger partial charge on any atom is -0.493 e. The van der Waals surface area contributed by atoms with Crippen LogP contribution in [0.3, 0.4) is 0 Å². The molecule has 0 bridgehead atoms. The van der Waals surface area contributed by atoms with Gasteiger partial charge in [-0.1, -0.05) is 0 Å². The lowest BCUT2D eigenvalue weighted by molar-refractivity contribution is 0.355. The Kier molecular flexibility index (Phi) is 7.21. The molecule has 10 heteroatoms. The van der Waals surface area contributed by atoms with Gasteiger partial charge in [-0.15, -0.1) is 0 Å². The second kappa shape index (κ2) is 9.16. The van der Waals surface area contributed by atoms with Crippen LogP contribution in [0.4, 0.5) is 5.69 Å². The predicted octanol–water partition coefficient (Wildman–Crippen LogP) is 0.809. The van der Waals surface area contributed by atoms with E-state index in [-0.39, 0.29) is 18.3 Å². The van der Waals surface area contributed by atoms with Crippen molar-refractivity contribution in [2.75, 3.05) is 56.4 Å². The minimum atomic E-state index is -3.28. The van der Waals surface area contributed by atoms with Crippen molar-refractivity contribution in [3.63, 3.8) is 0 Å². The molecule has 1 fully saturated rings. The van der Waals surface area contributed by atoms with Gasteiger partial charge in [0, 0.05) is 36.3 Å². The molecule has 0 amide bonds. The van der Waals surface area contributed by atoms with Gasteiger partial charge in [-0.25, -0.2) is 12.7 Å². The van der Waals surface area contributed by atoms with E-state index in [2.05, 4.69) is 10.3 Å². The fraction of sp³-hybridized carbons (Fsp3) is 0.533. The van der Waals surface area contributed by atoms with Gasteiger partial charge < -0.3 is 20.5 Å². The third-order valence-electron chi connectivity index (χ3n) is 3.65. The Labute approximate surface area is 152 Å². The molecule has 1 heterocycles. The summed E-state index contributed by atoms with van der Waals surface area (Å²) >= 11 is 1.77. The molecule has 0 unspecified atom stereocenters. The van der Waals surface area contributed by atoms with Crippen molar-refractivity contribution in [1.29, 1.82) is 0 Å². The van der Waals surface area contributed by atoms with Gasteiger partial charge in [0.05, 0.1) is 26.5 Å². The molecule has 0 aliphatic carbocycles. The van der Waals surface area contributed by atoms with Crippen molar-refractivity contribution in [2.24, 2.45) is 10.7 Å². The summed E-state index contributed by atoms with van der Waals surface area (Å²) < 4.78 is 36.4. The lowest BCUT2D eigenvalue weighted by atomic mass is 10.3. The number of nitrogens with two attached hydrogens (primary N) is 1. The average molecular weight is 389 g/mol. The number of guanidine groups is 1. The van der Waals surface area contributed by atoms with Crippen LogP contribution in [0.25, 0.3) is 0 Å². The molecule has 0 atom stereocenters. The number of aliphatic imine (C=N–C) groups is 1. The maximum atomic E-state index is 12.2. The number of nitrogens with zero attached hydrogens (tertiary/aromatic N) is 2. The maximum Gasteiger partial charge on any atom is 0.215 e. The second-order valence-corrected chi connectivity index (χ2v) is 8.60. The van der Waals surface area contributed by atoms with Gasteiger partial charge in [-0.3, -0.25) is 4.99 Å². The Morgan fingerprint density at radius 1 is 1.28 bits per heavy atom. The van der Waals surface area contributed by atoms with E-state index < -0.39 is 10.0 Å². The minimum absolute atomic E-state index is 0.0496. The molecule has 1 aromatic carbocycles.